The molecule has 184 valence electrons. The van der Waals surface area contributed by atoms with Crippen LogP contribution in [0.25, 0.3) is 11.0 Å². The van der Waals surface area contributed by atoms with Gasteiger partial charge in [-0.2, -0.15) is 0 Å². The molecular formula is C27H24N2O6S. The first-order chi connectivity index (χ1) is 17.5. The van der Waals surface area contributed by atoms with E-state index in [1.807, 2.05) is 6.07 Å². The van der Waals surface area contributed by atoms with Gasteiger partial charge >= 0.3 is 0 Å². The molecule has 0 aliphatic carbocycles. The Labute approximate surface area is 211 Å². The molecular weight excluding hydrogens is 480 g/mol. The number of benzene rings is 2. The highest BCUT2D eigenvalue weighted by Crippen LogP contribution is 2.43. The van der Waals surface area contributed by atoms with Crippen molar-refractivity contribution in [3.63, 3.8) is 0 Å². The number of para-hydroxylation sites is 1. The van der Waals surface area contributed by atoms with E-state index < -0.39 is 23.5 Å². The van der Waals surface area contributed by atoms with Gasteiger partial charge in [-0.1, -0.05) is 37.6 Å². The molecule has 9 heteroatoms. The molecule has 1 aliphatic heterocycles. The molecule has 1 N–H and O–H groups in total. The second kappa shape index (κ2) is 9.87. The molecule has 36 heavy (non-hydrogen) atoms. The summed E-state index contributed by atoms with van der Waals surface area (Å²) < 4.78 is 17.1. The molecule has 0 fully saturated rings. The van der Waals surface area contributed by atoms with Crippen LogP contribution in [0, 0.1) is 0 Å². The van der Waals surface area contributed by atoms with Gasteiger partial charge in [-0.15, -0.1) is 11.3 Å². The lowest BCUT2D eigenvalue weighted by Gasteiger charge is -2.24. The van der Waals surface area contributed by atoms with E-state index in [-0.39, 0.29) is 11.3 Å². The number of thiazole rings is 1. The lowest BCUT2D eigenvalue weighted by Crippen LogP contribution is -2.30. The van der Waals surface area contributed by atoms with Gasteiger partial charge in [0.25, 0.3) is 5.91 Å². The van der Waals surface area contributed by atoms with Crippen molar-refractivity contribution in [3.05, 3.63) is 82.8 Å². The zero-order valence-electron chi connectivity index (χ0n) is 19.8. The number of carbonyl (C=O) groups excluding carboxylic acids is 2. The first-order valence-electron chi connectivity index (χ1n) is 11.5. The van der Waals surface area contributed by atoms with Crippen LogP contribution in [0.3, 0.4) is 0 Å². The molecule has 3 heterocycles. The quantitative estimate of drug-likeness (QED) is 0.225. The molecule has 5 rings (SSSR count). The van der Waals surface area contributed by atoms with Crippen LogP contribution in [0.4, 0.5) is 5.13 Å². The number of Topliss-reactive ketones (excluding diaryl/α,β-unsaturated/α-hetero) is 1. The van der Waals surface area contributed by atoms with Gasteiger partial charge in [-0.05, 0) is 36.2 Å². The molecule has 8 nitrogen and oxygen atoms in total. The number of amides is 1. The summed E-state index contributed by atoms with van der Waals surface area (Å²) in [6, 6.07) is 13.2. The van der Waals surface area contributed by atoms with Crippen LogP contribution >= 0.6 is 11.3 Å². The number of ether oxygens (including phenoxy) is 2. The van der Waals surface area contributed by atoms with Crippen LogP contribution in [-0.2, 0) is 4.79 Å². The van der Waals surface area contributed by atoms with Crippen molar-refractivity contribution in [2.75, 3.05) is 18.6 Å². The molecule has 0 bridgehead atoms. The first kappa shape index (κ1) is 23.6. The fraction of sp³-hybridized carbons (Fsp3) is 0.222. The average Bonchev–Trinajstić information content (AvgIpc) is 3.63. The number of aliphatic hydroxyl groups excluding tert-OH is 1. The zero-order chi connectivity index (χ0) is 25.2. The number of aliphatic hydroxyl groups is 1. The minimum Gasteiger partial charge on any atom is -0.503 e. The standard InChI is InChI=1S/C27H24N2O6S/c1-3-4-12-34-18-9-5-7-16(14-18)22-21(24(31)26(32)29(22)27-28-11-13-36-27)23(30)20-15-17-8-6-10-19(33-2)25(17)35-20/h5-11,13-15,22,31H,3-4,12H2,1-2H3. The highest BCUT2D eigenvalue weighted by molar-refractivity contribution is 7.13. The fourth-order valence-electron chi connectivity index (χ4n) is 4.24. The molecule has 2 aromatic carbocycles. The van der Waals surface area contributed by atoms with E-state index in [0.29, 0.717) is 39.8 Å². The number of fused-ring (bicyclic) bond motifs is 1. The van der Waals surface area contributed by atoms with Crippen molar-refractivity contribution in [1.29, 1.82) is 0 Å². The van der Waals surface area contributed by atoms with Crippen molar-refractivity contribution in [2.45, 2.75) is 25.8 Å². The summed E-state index contributed by atoms with van der Waals surface area (Å²) in [5, 5.41) is 13.7. The smallest absolute Gasteiger partial charge is 0.296 e. The van der Waals surface area contributed by atoms with E-state index in [9.17, 15) is 14.7 Å². The van der Waals surface area contributed by atoms with Gasteiger partial charge in [0, 0.05) is 17.0 Å². The molecule has 1 aliphatic rings. The fourth-order valence-corrected chi connectivity index (χ4v) is 4.90. The molecule has 4 aromatic rings. The summed E-state index contributed by atoms with van der Waals surface area (Å²) in [5.74, 6) is -0.857. The number of rotatable bonds is 9. The van der Waals surface area contributed by atoms with E-state index in [4.69, 9.17) is 13.9 Å². The lowest BCUT2D eigenvalue weighted by atomic mass is 9.95. The van der Waals surface area contributed by atoms with E-state index in [0.717, 1.165) is 12.8 Å². The van der Waals surface area contributed by atoms with Crippen molar-refractivity contribution in [1.82, 2.24) is 4.98 Å². The van der Waals surface area contributed by atoms with Gasteiger partial charge in [0.05, 0.1) is 25.3 Å². The van der Waals surface area contributed by atoms with Gasteiger partial charge in [0.1, 0.15) is 5.75 Å². The molecule has 0 saturated carbocycles. The third-order valence-corrected chi connectivity index (χ3v) is 6.74. The third kappa shape index (κ3) is 4.11. The maximum atomic E-state index is 13.8. The molecule has 0 radical (unpaired) electrons. The van der Waals surface area contributed by atoms with Crippen molar-refractivity contribution >= 4 is 39.1 Å². The number of unbranched alkanes of at least 4 members (excludes halogenated alkanes) is 1. The van der Waals surface area contributed by atoms with Crippen LogP contribution in [0.15, 0.2) is 75.9 Å². The molecule has 2 aromatic heterocycles. The number of furan rings is 1. The number of nitrogens with zero attached hydrogens (tertiary/aromatic N) is 2. The largest absolute Gasteiger partial charge is 0.503 e. The Kier molecular flexibility index (Phi) is 6.47. The number of anilines is 1. The maximum Gasteiger partial charge on any atom is 0.296 e. The van der Waals surface area contributed by atoms with Crippen LogP contribution in [0.1, 0.15) is 41.9 Å². The van der Waals surface area contributed by atoms with Gasteiger partial charge in [-0.3, -0.25) is 14.5 Å². The van der Waals surface area contributed by atoms with E-state index in [1.54, 1.807) is 54.0 Å². The minimum absolute atomic E-state index is 0.00908. The summed E-state index contributed by atoms with van der Waals surface area (Å²) in [6.07, 6.45) is 3.46. The van der Waals surface area contributed by atoms with Crippen LogP contribution in [-0.4, -0.2) is 35.5 Å². The van der Waals surface area contributed by atoms with Crippen LogP contribution < -0.4 is 14.4 Å². The summed E-state index contributed by atoms with van der Waals surface area (Å²) in [4.78, 5) is 32.6. The number of methoxy groups -OCH3 is 1. The molecule has 1 atom stereocenters. The summed E-state index contributed by atoms with van der Waals surface area (Å²) >= 11 is 1.24. The second-order valence-corrected chi connectivity index (χ2v) is 9.12. The first-order valence-corrected chi connectivity index (χ1v) is 12.4. The minimum atomic E-state index is -0.916. The average molecular weight is 505 g/mol. The highest BCUT2D eigenvalue weighted by atomic mass is 32.1. The predicted octanol–water partition coefficient (Wildman–Crippen LogP) is 5.86. The van der Waals surface area contributed by atoms with Crippen LogP contribution in [0.2, 0.25) is 0 Å². The molecule has 0 spiro atoms. The Balaban J connectivity index is 1.60. The third-order valence-electron chi connectivity index (χ3n) is 5.97. The van der Waals surface area contributed by atoms with E-state index >= 15 is 0 Å². The topological polar surface area (TPSA) is 102 Å². The number of ketones is 1. The Morgan fingerprint density at radius 1 is 1.22 bits per heavy atom. The van der Waals surface area contributed by atoms with E-state index in [2.05, 4.69) is 11.9 Å². The summed E-state index contributed by atoms with van der Waals surface area (Å²) in [7, 11) is 1.51. The monoisotopic (exact) mass is 504 g/mol. The number of aromatic nitrogens is 1. The van der Waals surface area contributed by atoms with Crippen molar-refractivity contribution in [2.24, 2.45) is 0 Å². The SMILES string of the molecule is CCCCOc1cccc(C2C(C(=O)c3cc4cccc(OC)c4o3)=C(O)C(=O)N2c2nccs2)c1. The highest BCUT2D eigenvalue weighted by Gasteiger charge is 2.46. The maximum absolute atomic E-state index is 13.8. The Morgan fingerprint density at radius 2 is 2.06 bits per heavy atom. The summed E-state index contributed by atoms with van der Waals surface area (Å²) in [6.45, 7) is 2.63. The molecule has 1 amide bonds. The second-order valence-electron chi connectivity index (χ2n) is 8.25. The Hall–Kier alpha value is -4.11. The summed E-state index contributed by atoms with van der Waals surface area (Å²) in [5.41, 5.74) is 0.931. The normalized spacial score (nSPS) is 15.7. The molecule has 1 unspecified atom stereocenters. The lowest BCUT2D eigenvalue weighted by molar-refractivity contribution is -0.117. The van der Waals surface area contributed by atoms with E-state index in [1.165, 1.54) is 23.3 Å². The van der Waals surface area contributed by atoms with Crippen LogP contribution in [0.5, 0.6) is 11.5 Å². The van der Waals surface area contributed by atoms with Crippen molar-refractivity contribution < 1.29 is 28.6 Å². The Morgan fingerprint density at radius 3 is 2.81 bits per heavy atom. The predicted molar refractivity (Wildman–Crippen MR) is 136 cm³/mol. The van der Waals surface area contributed by atoms with Gasteiger partial charge < -0.3 is 19.0 Å². The van der Waals surface area contributed by atoms with Gasteiger partial charge in [-0.25, -0.2) is 4.98 Å². The molecule has 0 saturated heterocycles. The Bertz CT molecular complexity index is 1460. The number of carbonyl (C=O) groups is 2. The van der Waals surface area contributed by atoms with Gasteiger partial charge in [0.2, 0.25) is 5.78 Å². The number of hydrogen-bond acceptors (Lipinski definition) is 8. The zero-order valence-corrected chi connectivity index (χ0v) is 20.6. The number of hydrogen-bond donors (Lipinski definition) is 1. The van der Waals surface area contributed by atoms with Gasteiger partial charge in [0.15, 0.2) is 28.0 Å². The van der Waals surface area contributed by atoms with Crippen molar-refractivity contribution in [3.8, 4) is 11.5 Å².